The summed E-state index contributed by atoms with van der Waals surface area (Å²) in [5.41, 5.74) is 7.76. The topological polar surface area (TPSA) is 76.5 Å². The summed E-state index contributed by atoms with van der Waals surface area (Å²) in [6.07, 6.45) is 0. The van der Waals surface area contributed by atoms with Crippen molar-refractivity contribution in [3.05, 3.63) is 45.8 Å². The van der Waals surface area contributed by atoms with Gasteiger partial charge in [-0.15, -0.1) is 0 Å². The van der Waals surface area contributed by atoms with E-state index in [1.807, 2.05) is 6.92 Å². The molecule has 2 aromatic rings. The Labute approximate surface area is 132 Å². The van der Waals surface area contributed by atoms with Gasteiger partial charge in [0.05, 0.1) is 11.4 Å². The number of halogens is 1. The van der Waals surface area contributed by atoms with Crippen molar-refractivity contribution in [2.75, 3.05) is 12.8 Å². The van der Waals surface area contributed by atoms with Crippen LogP contribution < -0.4 is 5.73 Å². The van der Waals surface area contributed by atoms with Gasteiger partial charge in [0.15, 0.2) is 4.67 Å². The molecule has 0 aliphatic heterocycles. The van der Waals surface area contributed by atoms with Crippen LogP contribution in [0.4, 0.5) is 5.69 Å². The molecule has 114 valence electrons. The standard InChI is InChI=1S/C14H17BrN2O3S/c1-9-6-11(16)7-13(10(9)2)21(18,19)17(3)8-12-4-5-14(15)20-12/h4-7H,8,16H2,1-3H3. The van der Waals surface area contributed by atoms with Crippen molar-refractivity contribution in [3.8, 4) is 0 Å². The Morgan fingerprint density at radius 1 is 1.29 bits per heavy atom. The number of nitrogens with zero attached hydrogens (tertiary/aromatic N) is 1. The number of hydrogen-bond donors (Lipinski definition) is 1. The van der Waals surface area contributed by atoms with E-state index in [0.717, 1.165) is 5.56 Å². The highest BCUT2D eigenvalue weighted by Gasteiger charge is 2.25. The summed E-state index contributed by atoms with van der Waals surface area (Å²) >= 11 is 3.20. The Balaban J connectivity index is 2.37. The minimum absolute atomic E-state index is 0.154. The maximum atomic E-state index is 12.7. The van der Waals surface area contributed by atoms with Crippen LogP contribution in [-0.2, 0) is 16.6 Å². The fourth-order valence-electron chi connectivity index (χ4n) is 2.03. The first kappa shape index (κ1) is 16.1. The summed E-state index contributed by atoms with van der Waals surface area (Å²) in [4.78, 5) is 0.230. The summed E-state index contributed by atoms with van der Waals surface area (Å²) in [7, 11) is -2.11. The fraction of sp³-hybridized carbons (Fsp3) is 0.286. The molecule has 0 saturated carbocycles. The number of sulfonamides is 1. The molecule has 0 unspecified atom stereocenters. The van der Waals surface area contributed by atoms with E-state index in [4.69, 9.17) is 10.2 Å². The van der Waals surface area contributed by atoms with Crippen LogP contribution in [-0.4, -0.2) is 19.8 Å². The molecule has 0 aliphatic carbocycles. The molecule has 0 fully saturated rings. The van der Waals surface area contributed by atoms with Gasteiger partial charge in [-0.1, -0.05) is 0 Å². The van der Waals surface area contributed by atoms with Gasteiger partial charge in [-0.05, 0) is 65.2 Å². The van der Waals surface area contributed by atoms with Gasteiger partial charge >= 0.3 is 0 Å². The summed E-state index contributed by atoms with van der Waals surface area (Å²) in [5.74, 6) is 0.561. The zero-order chi connectivity index (χ0) is 15.8. The molecule has 0 radical (unpaired) electrons. The van der Waals surface area contributed by atoms with E-state index in [1.54, 1.807) is 25.1 Å². The van der Waals surface area contributed by atoms with Gasteiger partial charge < -0.3 is 10.2 Å². The van der Waals surface area contributed by atoms with Crippen molar-refractivity contribution in [1.29, 1.82) is 0 Å². The van der Waals surface area contributed by atoms with Crippen LogP contribution >= 0.6 is 15.9 Å². The zero-order valence-corrected chi connectivity index (χ0v) is 14.5. The average Bonchev–Trinajstić information content (AvgIpc) is 2.79. The van der Waals surface area contributed by atoms with Gasteiger partial charge in [0.25, 0.3) is 0 Å². The third-order valence-corrected chi connectivity index (χ3v) is 5.69. The van der Waals surface area contributed by atoms with Crippen LogP contribution in [0.25, 0.3) is 0 Å². The van der Waals surface area contributed by atoms with E-state index in [0.29, 0.717) is 21.7 Å². The van der Waals surface area contributed by atoms with Gasteiger partial charge in [0.2, 0.25) is 10.0 Å². The molecule has 1 aromatic heterocycles. The second kappa shape index (κ2) is 5.82. The van der Waals surface area contributed by atoms with Gasteiger partial charge in [-0.3, -0.25) is 0 Å². The normalized spacial score (nSPS) is 12.0. The lowest BCUT2D eigenvalue weighted by Crippen LogP contribution is -2.27. The summed E-state index contributed by atoms with van der Waals surface area (Å²) < 4.78 is 32.5. The number of rotatable bonds is 4. The molecular formula is C14H17BrN2O3S. The van der Waals surface area contributed by atoms with Crippen LogP contribution in [0.2, 0.25) is 0 Å². The molecule has 0 aliphatic rings. The summed E-state index contributed by atoms with van der Waals surface area (Å²) in [5, 5.41) is 0. The monoisotopic (exact) mass is 372 g/mol. The highest BCUT2D eigenvalue weighted by atomic mass is 79.9. The Morgan fingerprint density at radius 2 is 1.95 bits per heavy atom. The Kier molecular flexibility index (Phi) is 4.46. The fourth-order valence-corrected chi connectivity index (χ4v) is 3.84. The van der Waals surface area contributed by atoms with Crippen LogP contribution in [0, 0.1) is 13.8 Å². The quantitative estimate of drug-likeness (QED) is 0.836. The van der Waals surface area contributed by atoms with Gasteiger partial charge in [0.1, 0.15) is 5.76 Å². The molecule has 5 nitrogen and oxygen atoms in total. The summed E-state index contributed by atoms with van der Waals surface area (Å²) in [6, 6.07) is 6.71. The van der Waals surface area contributed by atoms with E-state index >= 15 is 0 Å². The van der Waals surface area contributed by atoms with Crippen molar-refractivity contribution in [1.82, 2.24) is 4.31 Å². The maximum Gasteiger partial charge on any atom is 0.243 e. The lowest BCUT2D eigenvalue weighted by atomic mass is 10.1. The van der Waals surface area contributed by atoms with Crippen molar-refractivity contribution in [3.63, 3.8) is 0 Å². The molecule has 21 heavy (non-hydrogen) atoms. The first-order chi connectivity index (χ1) is 9.71. The molecule has 7 heteroatoms. The Morgan fingerprint density at radius 3 is 2.52 bits per heavy atom. The molecule has 2 N–H and O–H groups in total. The largest absolute Gasteiger partial charge is 0.453 e. The number of hydrogen-bond acceptors (Lipinski definition) is 4. The SMILES string of the molecule is Cc1cc(N)cc(S(=O)(=O)N(C)Cc2ccc(Br)o2)c1C. The predicted octanol–water partition coefficient (Wildman–Crippen LogP) is 3.06. The molecule has 0 atom stereocenters. The number of benzene rings is 1. The van der Waals surface area contributed by atoms with Crippen molar-refractivity contribution < 1.29 is 12.8 Å². The van der Waals surface area contributed by atoms with Gasteiger partial charge in [0, 0.05) is 12.7 Å². The molecule has 0 saturated heterocycles. The Hall–Kier alpha value is -1.31. The number of anilines is 1. The molecule has 0 bridgehead atoms. The predicted molar refractivity (Wildman–Crippen MR) is 85.4 cm³/mol. The number of aryl methyl sites for hydroxylation is 1. The third kappa shape index (κ3) is 3.30. The van der Waals surface area contributed by atoms with Crippen LogP contribution in [0.5, 0.6) is 0 Å². The van der Waals surface area contributed by atoms with Crippen LogP contribution in [0.15, 0.2) is 38.2 Å². The number of nitrogen functional groups attached to an aromatic ring is 1. The second-order valence-electron chi connectivity index (χ2n) is 4.93. The lowest BCUT2D eigenvalue weighted by Gasteiger charge is -2.18. The van der Waals surface area contributed by atoms with E-state index in [-0.39, 0.29) is 11.4 Å². The van der Waals surface area contributed by atoms with E-state index in [1.165, 1.54) is 17.4 Å². The minimum Gasteiger partial charge on any atom is -0.453 e. The van der Waals surface area contributed by atoms with Crippen LogP contribution in [0.3, 0.4) is 0 Å². The molecule has 0 amide bonds. The van der Waals surface area contributed by atoms with Crippen molar-refractivity contribution in [2.45, 2.75) is 25.3 Å². The van der Waals surface area contributed by atoms with Gasteiger partial charge in [-0.25, -0.2) is 8.42 Å². The van der Waals surface area contributed by atoms with Gasteiger partial charge in [-0.2, -0.15) is 4.31 Å². The van der Waals surface area contributed by atoms with E-state index in [2.05, 4.69) is 15.9 Å². The number of nitrogens with two attached hydrogens (primary N) is 1. The first-order valence-electron chi connectivity index (χ1n) is 6.29. The zero-order valence-electron chi connectivity index (χ0n) is 12.1. The van der Waals surface area contributed by atoms with Crippen LogP contribution in [0.1, 0.15) is 16.9 Å². The number of furan rings is 1. The molecular weight excluding hydrogens is 356 g/mol. The lowest BCUT2D eigenvalue weighted by molar-refractivity contribution is 0.398. The molecule has 1 aromatic carbocycles. The first-order valence-corrected chi connectivity index (χ1v) is 8.52. The average molecular weight is 373 g/mol. The maximum absolute atomic E-state index is 12.7. The highest BCUT2D eigenvalue weighted by Crippen LogP contribution is 2.26. The third-order valence-electron chi connectivity index (χ3n) is 3.34. The second-order valence-corrected chi connectivity index (χ2v) is 7.72. The van der Waals surface area contributed by atoms with Crippen molar-refractivity contribution in [2.24, 2.45) is 0 Å². The molecule has 0 spiro atoms. The molecule has 1 heterocycles. The van der Waals surface area contributed by atoms with E-state index in [9.17, 15) is 8.42 Å². The van der Waals surface area contributed by atoms with E-state index < -0.39 is 10.0 Å². The van der Waals surface area contributed by atoms with Crippen molar-refractivity contribution >= 4 is 31.6 Å². The molecule has 2 rings (SSSR count). The smallest absolute Gasteiger partial charge is 0.243 e. The highest BCUT2D eigenvalue weighted by molar-refractivity contribution is 9.10. The summed E-state index contributed by atoms with van der Waals surface area (Å²) in [6.45, 7) is 3.77. The minimum atomic E-state index is -3.63. The Bertz CT molecular complexity index is 769.